The number of nitriles is 1. The lowest BCUT2D eigenvalue weighted by Crippen LogP contribution is -2.18. The molecule has 3 rings (SSSR count). The average molecular weight is 288 g/mol. The van der Waals surface area contributed by atoms with Crippen molar-refractivity contribution < 1.29 is 4.79 Å². The number of carbonyl (C=O) groups is 1. The maximum Gasteiger partial charge on any atom is 0.179 e. The van der Waals surface area contributed by atoms with E-state index in [-0.39, 0.29) is 11.4 Å². The number of nitrogens with zero attached hydrogens (tertiary/aromatic N) is 1. The highest BCUT2D eigenvalue weighted by molar-refractivity contribution is 6.11. The van der Waals surface area contributed by atoms with Gasteiger partial charge in [-0.15, -0.1) is 0 Å². The van der Waals surface area contributed by atoms with Crippen molar-refractivity contribution in [2.24, 2.45) is 0 Å². The van der Waals surface area contributed by atoms with Crippen LogP contribution in [0.1, 0.15) is 23.6 Å². The van der Waals surface area contributed by atoms with Crippen LogP contribution in [0.5, 0.6) is 0 Å². The Hall–Kier alpha value is -2.86. The first-order valence-corrected chi connectivity index (χ1v) is 7.34. The second-order valence-electron chi connectivity index (χ2n) is 5.29. The van der Waals surface area contributed by atoms with Gasteiger partial charge in [0.1, 0.15) is 11.6 Å². The van der Waals surface area contributed by atoms with E-state index >= 15 is 0 Å². The highest BCUT2D eigenvalue weighted by Crippen LogP contribution is 2.30. The number of fused-ring (bicyclic) bond motifs is 1. The molecule has 22 heavy (non-hydrogen) atoms. The predicted molar refractivity (Wildman–Crippen MR) is 87.1 cm³/mol. The molecule has 0 unspecified atom stereocenters. The Labute approximate surface area is 129 Å². The van der Waals surface area contributed by atoms with Crippen LogP contribution in [0, 0.1) is 11.3 Å². The zero-order valence-electron chi connectivity index (χ0n) is 12.4. The highest BCUT2D eigenvalue weighted by atomic mass is 16.1. The van der Waals surface area contributed by atoms with Crippen LogP contribution >= 0.6 is 0 Å². The van der Waals surface area contributed by atoms with E-state index < -0.39 is 0 Å². The van der Waals surface area contributed by atoms with Crippen LogP contribution in [0.4, 0.5) is 5.69 Å². The molecule has 0 fully saturated rings. The lowest BCUT2D eigenvalue weighted by molar-refractivity contribution is -0.114. The van der Waals surface area contributed by atoms with Crippen LogP contribution in [-0.4, -0.2) is 5.78 Å². The molecule has 108 valence electrons. The summed E-state index contributed by atoms with van der Waals surface area (Å²) in [5.41, 5.74) is 4.83. The molecule has 1 aliphatic rings. The molecule has 0 spiro atoms. The number of benzene rings is 2. The lowest BCUT2D eigenvalue weighted by Gasteiger charge is -2.20. The fourth-order valence-electron chi connectivity index (χ4n) is 2.67. The van der Waals surface area contributed by atoms with Gasteiger partial charge in [-0.3, -0.25) is 4.79 Å². The van der Waals surface area contributed by atoms with Gasteiger partial charge in [0, 0.05) is 17.7 Å². The second kappa shape index (κ2) is 5.87. The van der Waals surface area contributed by atoms with Gasteiger partial charge < -0.3 is 5.32 Å². The quantitative estimate of drug-likeness (QED) is 0.936. The smallest absolute Gasteiger partial charge is 0.179 e. The number of anilines is 1. The molecule has 0 radical (unpaired) electrons. The molecule has 3 nitrogen and oxygen atoms in total. The minimum atomic E-state index is -0.131. The number of allylic oxidation sites excluding steroid dienone is 1. The number of rotatable bonds is 3. The molecular weight excluding hydrogens is 272 g/mol. The molecule has 0 amide bonds. The van der Waals surface area contributed by atoms with Crippen molar-refractivity contribution in [3.8, 4) is 6.07 Å². The van der Waals surface area contributed by atoms with Crippen molar-refractivity contribution in [2.45, 2.75) is 19.8 Å². The molecule has 0 heterocycles. The van der Waals surface area contributed by atoms with Gasteiger partial charge in [-0.2, -0.15) is 5.26 Å². The second-order valence-corrected chi connectivity index (χ2v) is 5.29. The summed E-state index contributed by atoms with van der Waals surface area (Å²) in [4.78, 5) is 12.2. The molecule has 2 aromatic carbocycles. The largest absolute Gasteiger partial charge is 0.354 e. The van der Waals surface area contributed by atoms with E-state index in [1.807, 2.05) is 48.5 Å². The molecule has 0 saturated carbocycles. The number of Topliss-reactive ketones (excluding diaryl/α,β-unsaturated/α-hetero) is 1. The fourth-order valence-corrected chi connectivity index (χ4v) is 2.67. The van der Waals surface area contributed by atoms with Crippen molar-refractivity contribution in [1.82, 2.24) is 0 Å². The lowest BCUT2D eigenvalue weighted by atomic mass is 9.88. The number of aryl methyl sites for hydroxylation is 1. The summed E-state index contributed by atoms with van der Waals surface area (Å²) < 4.78 is 0. The van der Waals surface area contributed by atoms with Crippen LogP contribution in [-0.2, 0) is 17.6 Å². The Morgan fingerprint density at radius 2 is 1.86 bits per heavy atom. The van der Waals surface area contributed by atoms with E-state index in [9.17, 15) is 10.1 Å². The minimum Gasteiger partial charge on any atom is -0.354 e. The summed E-state index contributed by atoms with van der Waals surface area (Å²) in [6.07, 6.45) is 1.27. The first-order valence-electron chi connectivity index (χ1n) is 7.34. The first-order chi connectivity index (χ1) is 10.7. The Morgan fingerprint density at radius 1 is 1.14 bits per heavy atom. The zero-order valence-corrected chi connectivity index (χ0v) is 12.4. The van der Waals surface area contributed by atoms with Gasteiger partial charge in [0.25, 0.3) is 0 Å². The number of ketones is 1. The van der Waals surface area contributed by atoms with Crippen LogP contribution in [0.3, 0.4) is 0 Å². The van der Waals surface area contributed by atoms with Gasteiger partial charge in [0.2, 0.25) is 0 Å². The van der Waals surface area contributed by atoms with Gasteiger partial charge >= 0.3 is 0 Å². The molecule has 0 atom stereocenters. The van der Waals surface area contributed by atoms with Crippen LogP contribution in [0.25, 0.3) is 5.70 Å². The third-order valence-corrected chi connectivity index (χ3v) is 3.91. The third kappa shape index (κ3) is 2.51. The van der Waals surface area contributed by atoms with E-state index in [1.165, 1.54) is 5.56 Å². The monoisotopic (exact) mass is 288 g/mol. The molecule has 2 aromatic rings. The maximum atomic E-state index is 12.2. The van der Waals surface area contributed by atoms with Crippen LogP contribution in [0.2, 0.25) is 0 Å². The van der Waals surface area contributed by atoms with E-state index in [4.69, 9.17) is 0 Å². The van der Waals surface area contributed by atoms with E-state index in [0.29, 0.717) is 12.1 Å². The number of nitrogens with one attached hydrogen (secondary N) is 1. The van der Waals surface area contributed by atoms with Crippen molar-refractivity contribution in [3.63, 3.8) is 0 Å². The molecule has 0 aliphatic heterocycles. The van der Waals surface area contributed by atoms with Crippen LogP contribution < -0.4 is 5.32 Å². The van der Waals surface area contributed by atoms with Crippen molar-refractivity contribution in [1.29, 1.82) is 5.26 Å². The summed E-state index contributed by atoms with van der Waals surface area (Å²) in [5, 5.41) is 12.6. The SMILES string of the molecule is CCc1ccc(NC2=C(C#N)C(=O)Cc3ccccc32)cc1. The highest BCUT2D eigenvalue weighted by Gasteiger charge is 2.25. The normalized spacial score (nSPS) is 13.5. The summed E-state index contributed by atoms with van der Waals surface area (Å²) in [7, 11) is 0. The van der Waals surface area contributed by atoms with E-state index in [1.54, 1.807) is 0 Å². The zero-order chi connectivity index (χ0) is 15.5. The topological polar surface area (TPSA) is 52.9 Å². The van der Waals surface area contributed by atoms with Crippen molar-refractivity contribution >= 4 is 17.2 Å². The Bertz CT molecular complexity index is 795. The molecule has 0 saturated heterocycles. The van der Waals surface area contributed by atoms with Gasteiger partial charge in [0.15, 0.2) is 5.78 Å². The van der Waals surface area contributed by atoms with Crippen LogP contribution in [0.15, 0.2) is 54.1 Å². The average Bonchev–Trinajstić information content (AvgIpc) is 2.55. The summed E-state index contributed by atoms with van der Waals surface area (Å²) in [5.74, 6) is -0.131. The molecule has 3 heteroatoms. The number of hydrogen-bond donors (Lipinski definition) is 1. The number of carbonyl (C=O) groups excluding carboxylic acids is 1. The fraction of sp³-hybridized carbons (Fsp3) is 0.158. The molecule has 0 aromatic heterocycles. The maximum absolute atomic E-state index is 12.2. The summed E-state index contributed by atoms with van der Waals surface area (Å²) in [6, 6.07) is 17.8. The molecule has 0 bridgehead atoms. The standard InChI is InChI=1S/C19H16N2O/c1-2-13-7-9-15(10-8-13)21-19-16-6-4-3-5-14(16)11-18(22)17(19)12-20/h3-10,21H,2,11H2,1H3. The predicted octanol–water partition coefficient (Wildman–Crippen LogP) is 3.72. The number of hydrogen-bond acceptors (Lipinski definition) is 3. The first kappa shape index (κ1) is 14.1. The van der Waals surface area contributed by atoms with Crippen molar-refractivity contribution in [3.05, 3.63) is 70.8 Å². The third-order valence-electron chi connectivity index (χ3n) is 3.91. The van der Waals surface area contributed by atoms with Crippen molar-refractivity contribution in [2.75, 3.05) is 5.32 Å². The van der Waals surface area contributed by atoms with Gasteiger partial charge in [-0.1, -0.05) is 43.3 Å². The Balaban J connectivity index is 2.04. The molecule has 1 N–H and O–H groups in total. The molecule has 1 aliphatic carbocycles. The summed E-state index contributed by atoms with van der Waals surface area (Å²) in [6.45, 7) is 2.11. The molecular formula is C19H16N2O. The Kier molecular flexibility index (Phi) is 3.76. The minimum absolute atomic E-state index is 0.131. The van der Waals surface area contributed by atoms with E-state index in [0.717, 1.165) is 23.2 Å². The summed E-state index contributed by atoms with van der Waals surface area (Å²) >= 11 is 0. The van der Waals surface area contributed by atoms with Gasteiger partial charge in [0.05, 0.1) is 5.70 Å². The van der Waals surface area contributed by atoms with E-state index in [2.05, 4.69) is 18.3 Å². The van der Waals surface area contributed by atoms with Gasteiger partial charge in [-0.05, 0) is 29.7 Å². The van der Waals surface area contributed by atoms with Gasteiger partial charge in [-0.25, -0.2) is 0 Å². The Morgan fingerprint density at radius 3 is 2.55 bits per heavy atom.